The molecule has 0 saturated heterocycles. The highest BCUT2D eigenvalue weighted by atomic mass is 16.1. The van der Waals surface area contributed by atoms with E-state index >= 15 is 0 Å². The Labute approximate surface area is 123 Å². The normalized spacial score (nSPS) is 11.3. The first-order valence-electron chi connectivity index (χ1n) is 6.62. The summed E-state index contributed by atoms with van der Waals surface area (Å²) in [5.41, 5.74) is 9.24. The molecule has 5 nitrogen and oxygen atoms in total. The summed E-state index contributed by atoms with van der Waals surface area (Å²) < 4.78 is 0. The van der Waals surface area contributed by atoms with Gasteiger partial charge >= 0.3 is 0 Å². The summed E-state index contributed by atoms with van der Waals surface area (Å²) >= 11 is 0. The monoisotopic (exact) mass is 282 g/mol. The number of hydrogen-bond donors (Lipinski definition) is 2. The molecule has 0 aliphatic carbocycles. The Kier molecular flexibility index (Phi) is 4.33. The van der Waals surface area contributed by atoms with Crippen LogP contribution in [0.25, 0.3) is 5.57 Å². The number of hydrogen-bond acceptors (Lipinski definition) is 4. The molecule has 2 rings (SSSR count). The van der Waals surface area contributed by atoms with Crippen LogP contribution in [0.3, 0.4) is 0 Å². The second kappa shape index (κ2) is 6.17. The van der Waals surface area contributed by atoms with Crippen molar-refractivity contribution in [2.45, 2.75) is 20.8 Å². The fourth-order valence-electron chi connectivity index (χ4n) is 1.93. The Balaban J connectivity index is 2.25. The Bertz CT molecular complexity index is 670. The van der Waals surface area contributed by atoms with Gasteiger partial charge in [-0.3, -0.25) is 4.79 Å². The highest BCUT2D eigenvalue weighted by Gasteiger charge is 2.15. The zero-order valence-electron chi connectivity index (χ0n) is 12.3. The van der Waals surface area contributed by atoms with E-state index < -0.39 is 0 Å². The quantitative estimate of drug-likeness (QED) is 0.847. The maximum atomic E-state index is 12.3. The molecule has 5 heteroatoms. The average molecular weight is 282 g/mol. The van der Waals surface area contributed by atoms with Gasteiger partial charge in [0, 0.05) is 23.3 Å². The van der Waals surface area contributed by atoms with E-state index in [1.165, 1.54) is 6.20 Å². The molecule has 1 aromatic heterocycles. The summed E-state index contributed by atoms with van der Waals surface area (Å²) in [6, 6.07) is 9.37. The van der Waals surface area contributed by atoms with E-state index in [0.29, 0.717) is 11.5 Å². The maximum Gasteiger partial charge on any atom is 0.260 e. The first-order valence-corrected chi connectivity index (χ1v) is 6.62. The second-order valence-electron chi connectivity index (χ2n) is 4.87. The molecule has 108 valence electrons. The average Bonchev–Trinajstić information content (AvgIpc) is 2.41. The van der Waals surface area contributed by atoms with E-state index in [-0.39, 0.29) is 11.5 Å². The van der Waals surface area contributed by atoms with Crippen LogP contribution in [0.2, 0.25) is 0 Å². The lowest BCUT2D eigenvalue weighted by Gasteiger charge is -2.09. The van der Waals surface area contributed by atoms with Gasteiger partial charge in [0.05, 0.1) is 5.57 Å². The van der Waals surface area contributed by atoms with Gasteiger partial charge in [0.1, 0.15) is 0 Å². The molecule has 0 radical (unpaired) electrons. The zero-order chi connectivity index (χ0) is 15.4. The molecule has 0 atom stereocenters. The highest BCUT2D eigenvalue weighted by Crippen LogP contribution is 2.15. The van der Waals surface area contributed by atoms with Gasteiger partial charge in [-0.25, -0.2) is 9.97 Å². The maximum absolute atomic E-state index is 12.3. The fourth-order valence-corrected chi connectivity index (χ4v) is 1.93. The van der Waals surface area contributed by atoms with Crippen molar-refractivity contribution in [3.05, 3.63) is 59.3 Å². The van der Waals surface area contributed by atoms with Gasteiger partial charge in [-0.05, 0) is 39.0 Å². The van der Waals surface area contributed by atoms with E-state index in [9.17, 15) is 4.79 Å². The number of aryl methyl sites for hydroxylation is 3. The van der Waals surface area contributed by atoms with Crippen LogP contribution >= 0.6 is 0 Å². The van der Waals surface area contributed by atoms with Crippen molar-refractivity contribution in [1.82, 2.24) is 9.97 Å². The SMILES string of the molecule is Cc1ccc(NC(=O)C(=CN)c2nc(C)cc(C)n2)cc1. The summed E-state index contributed by atoms with van der Waals surface area (Å²) in [5.74, 6) is 0.00552. The number of nitrogens with zero attached hydrogens (tertiary/aromatic N) is 2. The van der Waals surface area contributed by atoms with Crippen molar-refractivity contribution in [1.29, 1.82) is 0 Å². The third kappa shape index (κ3) is 3.66. The molecule has 21 heavy (non-hydrogen) atoms. The van der Waals surface area contributed by atoms with Crippen LogP contribution in [0.5, 0.6) is 0 Å². The molecule has 0 unspecified atom stereocenters. The zero-order valence-corrected chi connectivity index (χ0v) is 12.3. The number of benzene rings is 1. The van der Waals surface area contributed by atoms with Crippen LogP contribution in [-0.2, 0) is 4.79 Å². The number of nitrogens with one attached hydrogen (secondary N) is 1. The minimum absolute atomic E-state index is 0.252. The highest BCUT2D eigenvalue weighted by molar-refractivity contribution is 6.24. The Morgan fingerprint density at radius 3 is 2.19 bits per heavy atom. The third-order valence-electron chi connectivity index (χ3n) is 2.94. The predicted octanol–water partition coefficient (Wildman–Crippen LogP) is 2.34. The number of amides is 1. The van der Waals surface area contributed by atoms with Gasteiger partial charge in [0.25, 0.3) is 5.91 Å². The Morgan fingerprint density at radius 2 is 1.67 bits per heavy atom. The molecule has 1 heterocycles. The summed E-state index contributed by atoms with van der Waals surface area (Å²) in [4.78, 5) is 20.8. The van der Waals surface area contributed by atoms with Crippen LogP contribution < -0.4 is 11.1 Å². The topological polar surface area (TPSA) is 80.9 Å². The van der Waals surface area contributed by atoms with E-state index in [4.69, 9.17) is 5.73 Å². The van der Waals surface area contributed by atoms with Crippen molar-refractivity contribution in [2.75, 3.05) is 5.32 Å². The van der Waals surface area contributed by atoms with Crippen LogP contribution in [-0.4, -0.2) is 15.9 Å². The number of aromatic nitrogens is 2. The van der Waals surface area contributed by atoms with Gasteiger partial charge < -0.3 is 11.1 Å². The predicted molar refractivity (Wildman–Crippen MR) is 83.5 cm³/mol. The molecule has 0 spiro atoms. The Hall–Kier alpha value is -2.69. The van der Waals surface area contributed by atoms with E-state index in [1.807, 2.05) is 51.1 Å². The largest absolute Gasteiger partial charge is 0.404 e. The second-order valence-corrected chi connectivity index (χ2v) is 4.87. The molecular formula is C16H18N4O. The smallest absolute Gasteiger partial charge is 0.260 e. The lowest BCUT2D eigenvalue weighted by atomic mass is 10.2. The van der Waals surface area contributed by atoms with Gasteiger partial charge in [-0.1, -0.05) is 17.7 Å². The molecule has 1 aromatic carbocycles. The van der Waals surface area contributed by atoms with Crippen LogP contribution in [0.15, 0.2) is 36.5 Å². The molecular weight excluding hydrogens is 264 g/mol. The van der Waals surface area contributed by atoms with E-state index in [2.05, 4.69) is 15.3 Å². The first kappa shape index (κ1) is 14.7. The molecule has 0 bridgehead atoms. The fraction of sp³-hybridized carbons (Fsp3) is 0.188. The van der Waals surface area contributed by atoms with Gasteiger partial charge in [-0.2, -0.15) is 0 Å². The van der Waals surface area contributed by atoms with Crippen molar-refractivity contribution in [3.8, 4) is 0 Å². The summed E-state index contributed by atoms with van der Waals surface area (Å²) in [6.07, 6.45) is 1.23. The molecule has 0 aliphatic rings. The van der Waals surface area contributed by atoms with E-state index in [1.54, 1.807) is 0 Å². The summed E-state index contributed by atoms with van der Waals surface area (Å²) in [5, 5.41) is 2.79. The van der Waals surface area contributed by atoms with Gasteiger partial charge in [0.2, 0.25) is 0 Å². The number of anilines is 1. The van der Waals surface area contributed by atoms with Gasteiger partial charge in [-0.15, -0.1) is 0 Å². The lowest BCUT2D eigenvalue weighted by Crippen LogP contribution is -2.17. The molecule has 0 fully saturated rings. The summed E-state index contributed by atoms with van der Waals surface area (Å²) in [7, 11) is 0. The minimum atomic E-state index is -0.327. The molecule has 3 N–H and O–H groups in total. The van der Waals surface area contributed by atoms with Crippen LogP contribution in [0.4, 0.5) is 5.69 Å². The molecule has 1 amide bonds. The van der Waals surface area contributed by atoms with E-state index in [0.717, 1.165) is 17.0 Å². The molecule has 0 saturated carbocycles. The lowest BCUT2D eigenvalue weighted by molar-refractivity contribution is -0.111. The van der Waals surface area contributed by atoms with Crippen molar-refractivity contribution in [3.63, 3.8) is 0 Å². The van der Waals surface area contributed by atoms with Crippen molar-refractivity contribution in [2.24, 2.45) is 5.73 Å². The number of nitrogens with two attached hydrogens (primary N) is 1. The molecule has 2 aromatic rings. The van der Waals surface area contributed by atoms with Crippen LogP contribution in [0, 0.1) is 20.8 Å². The first-order chi connectivity index (χ1) is 9.99. The summed E-state index contributed by atoms with van der Waals surface area (Å²) in [6.45, 7) is 5.69. The standard InChI is InChI=1S/C16H18N4O/c1-10-4-6-13(7-5-10)20-16(21)14(9-17)15-18-11(2)8-12(3)19-15/h4-9H,17H2,1-3H3,(H,20,21). The number of carbonyl (C=O) groups is 1. The van der Waals surface area contributed by atoms with Gasteiger partial charge in [0.15, 0.2) is 5.82 Å². The number of rotatable bonds is 3. The van der Waals surface area contributed by atoms with Crippen LogP contribution in [0.1, 0.15) is 22.8 Å². The minimum Gasteiger partial charge on any atom is -0.404 e. The Morgan fingerprint density at radius 1 is 1.10 bits per heavy atom. The third-order valence-corrected chi connectivity index (χ3v) is 2.94. The number of carbonyl (C=O) groups excluding carboxylic acids is 1. The van der Waals surface area contributed by atoms with Crippen molar-refractivity contribution < 1.29 is 4.79 Å². The van der Waals surface area contributed by atoms with Crippen molar-refractivity contribution >= 4 is 17.2 Å². The molecule has 0 aliphatic heterocycles.